The van der Waals surface area contributed by atoms with Gasteiger partial charge in [0.2, 0.25) is 5.16 Å². The van der Waals surface area contributed by atoms with Crippen LogP contribution in [0, 0.1) is 6.92 Å². The van der Waals surface area contributed by atoms with Gasteiger partial charge in [-0.2, -0.15) is 4.68 Å². The maximum absolute atomic E-state index is 10.1. The van der Waals surface area contributed by atoms with E-state index in [0.29, 0.717) is 10.9 Å². The second-order valence-electron chi connectivity index (χ2n) is 5.30. The average Bonchev–Trinajstić information content (AvgIpc) is 3.09. The van der Waals surface area contributed by atoms with E-state index >= 15 is 0 Å². The Hall–Kier alpha value is -2.38. The molecule has 7 heteroatoms. The van der Waals surface area contributed by atoms with Crippen LogP contribution in [0.15, 0.2) is 59.8 Å². The number of thioether (sulfide) groups is 1. The standard InChI is InChI=1S/C17H18N4O2S/c1-13-7-9-16(10-8-13)23-11-15(22)12-24-17-18-19-20-21(17)14-5-3-2-4-6-14/h2-10,15,22H,11-12H2,1H3/t15-/m0/s1. The van der Waals surface area contributed by atoms with Gasteiger partial charge in [0.1, 0.15) is 12.4 Å². The van der Waals surface area contributed by atoms with Gasteiger partial charge in [0.05, 0.1) is 11.8 Å². The van der Waals surface area contributed by atoms with E-state index in [1.54, 1.807) is 4.68 Å². The quantitative estimate of drug-likeness (QED) is 0.665. The van der Waals surface area contributed by atoms with Crippen LogP contribution >= 0.6 is 11.8 Å². The SMILES string of the molecule is Cc1ccc(OC[C@H](O)CSc2nnnn2-c2ccccc2)cc1. The molecule has 0 spiro atoms. The summed E-state index contributed by atoms with van der Waals surface area (Å²) in [6.45, 7) is 2.25. The van der Waals surface area contributed by atoms with Gasteiger partial charge in [-0.05, 0) is 41.6 Å². The van der Waals surface area contributed by atoms with Gasteiger partial charge < -0.3 is 9.84 Å². The number of hydrogen-bond acceptors (Lipinski definition) is 6. The topological polar surface area (TPSA) is 73.1 Å². The molecule has 0 amide bonds. The van der Waals surface area contributed by atoms with Crippen molar-refractivity contribution in [2.75, 3.05) is 12.4 Å². The van der Waals surface area contributed by atoms with E-state index in [-0.39, 0.29) is 6.61 Å². The average molecular weight is 342 g/mol. The normalized spacial score (nSPS) is 12.1. The first-order valence-corrected chi connectivity index (χ1v) is 8.55. The number of hydrogen-bond donors (Lipinski definition) is 1. The van der Waals surface area contributed by atoms with Gasteiger partial charge in [-0.15, -0.1) is 5.10 Å². The van der Waals surface area contributed by atoms with Crippen molar-refractivity contribution in [3.8, 4) is 11.4 Å². The molecule has 1 N–H and O–H groups in total. The minimum atomic E-state index is -0.614. The van der Waals surface area contributed by atoms with E-state index in [9.17, 15) is 5.11 Å². The molecule has 2 aromatic carbocycles. The second-order valence-corrected chi connectivity index (χ2v) is 6.28. The first-order valence-electron chi connectivity index (χ1n) is 7.56. The number of rotatable bonds is 7. The predicted molar refractivity (Wildman–Crippen MR) is 92.6 cm³/mol. The van der Waals surface area contributed by atoms with E-state index in [0.717, 1.165) is 11.4 Å². The molecule has 0 unspecified atom stereocenters. The molecule has 1 heterocycles. The predicted octanol–water partition coefficient (Wildman–Crippen LogP) is 2.50. The third kappa shape index (κ3) is 4.33. The molecule has 0 bridgehead atoms. The van der Waals surface area contributed by atoms with Gasteiger partial charge >= 0.3 is 0 Å². The number of ether oxygens (including phenoxy) is 1. The van der Waals surface area contributed by atoms with E-state index < -0.39 is 6.10 Å². The fourth-order valence-corrected chi connectivity index (χ4v) is 2.84. The van der Waals surface area contributed by atoms with Gasteiger partial charge in [0.15, 0.2) is 0 Å². The summed E-state index contributed by atoms with van der Waals surface area (Å²) < 4.78 is 7.24. The lowest BCUT2D eigenvalue weighted by Gasteiger charge is -2.12. The van der Waals surface area contributed by atoms with Crippen molar-refractivity contribution in [1.82, 2.24) is 20.2 Å². The van der Waals surface area contributed by atoms with Crippen LogP contribution in [0.1, 0.15) is 5.56 Å². The molecule has 0 saturated heterocycles. The molecule has 3 rings (SSSR count). The maximum atomic E-state index is 10.1. The molecule has 0 radical (unpaired) electrons. The van der Waals surface area contributed by atoms with E-state index in [1.807, 2.05) is 61.5 Å². The molecular formula is C17H18N4O2S. The highest BCUT2D eigenvalue weighted by Gasteiger charge is 2.12. The van der Waals surface area contributed by atoms with E-state index in [1.165, 1.54) is 17.3 Å². The number of aliphatic hydroxyl groups is 1. The van der Waals surface area contributed by atoms with Crippen molar-refractivity contribution in [1.29, 1.82) is 0 Å². The van der Waals surface area contributed by atoms with Crippen LogP contribution < -0.4 is 4.74 Å². The van der Waals surface area contributed by atoms with Crippen LogP contribution in [0.2, 0.25) is 0 Å². The fourth-order valence-electron chi connectivity index (χ4n) is 2.05. The van der Waals surface area contributed by atoms with Crippen molar-refractivity contribution >= 4 is 11.8 Å². The molecule has 0 fully saturated rings. The molecule has 0 aliphatic carbocycles. The smallest absolute Gasteiger partial charge is 0.214 e. The maximum Gasteiger partial charge on any atom is 0.214 e. The molecule has 0 saturated carbocycles. The Morgan fingerprint density at radius 3 is 2.62 bits per heavy atom. The van der Waals surface area contributed by atoms with Crippen LogP contribution in [-0.2, 0) is 0 Å². The lowest BCUT2D eigenvalue weighted by atomic mass is 10.2. The summed E-state index contributed by atoms with van der Waals surface area (Å²) in [6, 6.07) is 17.4. The molecule has 1 atom stereocenters. The molecule has 0 aliphatic heterocycles. The number of aliphatic hydroxyl groups excluding tert-OH is 1. The van der Waals surface area contributed by atoms with E-state index in [4.69, 9.17) is 4.74 Å². The largest absolute Gasteiger partial charge is 0.491 e. The Morgan fingerprint density at radius 2 is 1.88 bits per heavy atom. The monoisotopic (exact) mass is 342 g/mol. The van der Waals surface area contributed by atoms with Gasteiger partial charge in [0.25, 0.3) is 0 Å². The minimum absolute atomic E-state index is 0.225. The van der Waals surface area contributed by atoms with Crippen LogP contribution in [0.3, 0.4) is 0 Å². The molecule has 1 aromatic heterocycles. The minimum Gasteiger partial charge on any atom is -0.491 e. The second kappa shape index (κ2) is 7.94. The van der Waals surface area contributed by atoms with Crippen LogP contribution in [-0.4, -0.2) is 43.8 Å². The number of aromatic nitrogens is 4. The Bertz CT molecular complexity index is 762. The van der Waals surface area contributed by atoms with Crippen molar-refractivity contribution < 1.29 is 9.84 Å². The number of nitrogens with zero attached hydrogens (tertiary/aromatic N) is 4. The highest BCUT2D eigenvalue weighted by Crippen LogP contribution is 2.19. The van der Waals surface area contributed by atoms with Crippen molar-refractivity contribution in [3.63, 3.8) is 0 Å². The number of para-hydroxylation sites is 1. The number of tetrazole rings is 1. The zero-order chi connectivity index (χ0) is 16.8. The van der Waals surface area contributed by atoms with Crippen LogP contribution in [0.5, 0.6) is 5.75 Å². The summed E-state index contributed by atoms with van der Waals surface area (Å²) in [5.74, 6) is 1.19. The first-order chi connectivity index (χ1) is 11.7. The molecular weight excluding hydrogens is 324 g/mol. The third-order valence-corrected chi connectivity index (χ3v) is 4.37. The van der Waals surface area contributed by atoms with Gasteiger partial charge in [-0.3, -0.25) is 0 Å². The highest BCUT2D eigenvalue weighted by atomic mass is 32.2. The lowest BCUT2D eigenvalue weighted by molar-refractivity contribution is 0.126. The van der Waals surface area contributed by atoms with Crippen molar-refractivity contribution in [2.45, 2.75) is 18.2 Å². The Balaban J connectivity index is 1.53. The Morgan fingerprint density at radius 1 is 1.12 bits per heavy atom. The summed E-state index contributed by atoms with van der Waals surface area (Å²) in [7, 11) is 0. The Kier molecular flexibility index (Phi) is 5.45. The van der Waals surface area contributed by atoms with Crippen LogP contribution in [0.25, 0.3) is 5.69 Å². The van der Waals surface area contributed by atoms with E-state index in [2.05, 4.69) is 15.5 Å². The summed E-state index contributed by atoms with van der Waals surface area (Å²) in [5.41, 5.74) is 2.06. The molecule has 3 aromatic rings. The van der Waals surface area contributed by atoms with Crippen molar-refractivity contribution in [2.24, 2.45) is 0 Å². The van der Waals surface area contributed by atoms with Gasteiger partial charge in [0, 0.05) is 5.75 Å². The molecule has 124 valence electrons. The van der Waals surface area contributed by atoms with Crippen molar-refractivity contribution in [3.05, 3.63) is 60.2 Å². The molecule has 6 nitrogen and oxygen atoms in total. The number of aryl methyl sites for hydroxylation is 1. The zero-order valence-corrected chi connectivity index (χ0v) is 14.1. The first kappa shape index (κ1) is 16.5. The zero-order valence-electron chi connectivity index (χ0n) is 13.2. The highest BCUT2D eigenvalue weighted by molar-refractivity contribution is 7.99. The summed E-state index contributed by atoms with van der Waals surface area (Å²) in [4.78, 5) is 0. The summed E-state index contributed by atoms with van der Waals surface area (Å²) in [6.07, 6.45) is -0.614. The molecule has 0 aliphatic rings. The van der Waals surface area contributed by atoms with Gasteiger partial charge in [-0.1, -0.05) is 47.7 Å². The summed E-state index contributed by atoms with van der Waals surface area (Å²) in [5, 5.41) is 22.4. The molecule has 24 heavy (non-hydrogen) atoms. The third-order valence-electron chi connectivity index (χ3n) is 3.31. The van der Waals surface area contributed by atoms with Crippen LogP contribution in [0.4, 0.5) is 0 Å². The van der Waals surface area contributed by atoms with Gasteiger partial charge in [-0.25, -0.2) is 0 Å². The lowest BCUT2D eigenvalue weighted by Crippen LogP contribution is -2.20. The number of benzene rings is 2. The fraction of sp³-hybridized carbons (Fsp3) is 0.235. The Labute approximate surface area is 144 Å². The summed E-state index contributed by atoms with van der Waals surface area (Å²) >= 11 is 1.39.